The van der Waals surface area contributed by atoms with Gasteiger partial charge in [-0.05, 0) is 24.7 Å². The monoisotopic (exact) mass is 263 g/mol. The fraction of sp³-hybridized carbons (Fsp3) is 0.643. The normalized spacial score (nSPS) is 20.6. The molecule has 0 aromatic carbocycles. The summed E-state index contributed by atoms with van der Waals surface area (Å²) in [6, 6.07) is 0.259. The summed E-state index contributed by atoms with van der Waals surface area (Å²) in [5.41, 5.74) is 8.02. The van der Waals surface area contributed by atoms with Gasteiger partial charge in [-0.25, -0.2) is 4.98 Å². The lowest BCUT2D eigenvalue weighted by Gasteiger charge is -2.34. The van der Waals surface area contributed by atoms with Crippen molar-refractivity contribution in [3.63, 3.8) is 0 Å². The van der Waals surface area contributed by atoms with Crippen LogP contribution in [-0.4, -0.2) is 15.4 Å². The maximum Gasteiger partial charge on any atom is 0.193 e. The van der Waals surface area contributed by atoms with Crippen molar-refractivity contribution in [2.45, 2.75) is 51.5 Å². The van der Waals surface area contributed by atoms with Crippen molar-refractivity contribution in [3.8, 4) is 0 Å². The van der Waals surface area contributed by atoms with E-state index in [0.29, 0.717) is 5.41 Å². The molecule has 0 amide bonds. The maximum absolute atomic E-state index is 6.50. The van der Waals surface area contributed by atoms with Crippen molar-refractivity contribution in [2.24, 2.45) is 11.1 Å². The number of imidazole rings is 1. The van der Waals surface area contributed by atoms with Gasteiger partial charge in [0.15, 0.2) is 4.96 Å². The van der Waals surface area contributed by atoms with E-state index in [1.807, 2.05) is 0 Å². The average molecular weight is 263 g/mol. The lowest BCUT2D eigenvalue weighted by Crippen LogP contribution is -2.41. The van der Waals surface area contributed by atoms with Gasteiger partial charge in [-0.1, -0.05) is 19.8 Å². The van der Waals surface area contributed by atoms with Gasteiger partial charge >= 0.3 is 0 Å². The summed E-state index contributed by atoms with van der Waals surface area (Å²) >= 11 is 1.68. The summed E-state index contributed by atoms with van der Waals surface area (Å²) in [7, 11) is 0. The van der Waals surface area contributed by atoms with Crippen LogP contribution in [0.5, 0.6) is 0 Å². The number of hydrogen-bond donors (Lipinski definition) is 1. The zero-order valence-corrected chi connectivity index (χ0v) is 11.7. The van der Waals surface area contributed by atoms with Crippen LogP contribution in [0.15, 0.2) is 17.8 Å². The Morgan fingerprint density at radius 1 is 1.50 bits per heavy atom. The van der Waals surface area contributed by atoms with E-state index in [0.717, 1.165) is 17.1 Å². The lowest BCUT2D eigenvalue weighted by molar-refractivity contribution is 0.218. The number of thiazole rings is 1. The van der Waals surface area contributed by atoms with Crippen LogP contribution in [0.4, 0.5) is 0 Å². The van der Waals surface area contributed by atoms with Crippen LogP contribution in [0.2, 0.25) is 0 Å². The molecule has 1 saturated carbocycles. The van der Waals surface area contributed by atoms with Gasteiger partial charge in [-0.2, -0.15) is 0 Å². The summed E-state index contributed by atoms with van der Waals surface area (Å²) in [4.78, 5) is 5.73. The van der Waals surface area contributed by atoms with Gasteiger partial charge in [0.05, 0.1) is 5.69 Å². The molecular weight excluding hydrogens is 242 g/mol. The van der Waals surface area contributed by atoms with Crippen molar-refractivity contribution in [1.82, 2.24) is 9.38 Å². The molecule has 2 heterocycles. The van der Waals surface area contributed by atoms with Crippen LogP contribution >= 0.6 is 11.3 Å². The molecule has 0 spiro atoms. The van der Waals surface area contributed by atoms with E-state index in [2.05, 4.69) is 34.1 Å². The van der Waals surface area contributed by atoms with Crippen molar-refractivity contribution in [2.75, 3.05) is 0 Å². The predicted octanol–water partition coefficient (Wildman–Crippen LogP) is 3.24. The first-order valence-electron chi connectivity index (χ1n) is 6.90. The van der Waals surface area contributed by atoms with E-state index in [-0.39, 0.29) is 6.04 Å². The molecule has 1 aliphatic carbocycles. The van der Waals surface area contributed by atoms with Gasteiger partial charge in [0, 0.05) is 30.2 Å². The second kappa shape index (κ2) is 4.67. The molecule has 98 valence electrons. The average Bonchev–Trinajstić information content (AvgIpc) is 3.03. The van der Waals surface area contributed by atoms with Gasteiger partial charge in [0.2, 0.25) is 0 Å². The van der Waals surface area contributed by atoms with Gasteiger partial charge in [-0.3, -0.25) is 4.40 Å². The van der Waals surface area contributed by atoms with E-state index >= 15 is 0 Å². The first kappa shape index (κ1) is 12.2. The largest absolute Gasteiger partial charge is 0.327 e. The summed E-state index contributed by atoms with van der Waals surface area (Å²) < 4.78 is 2.10. The Kier molecular flexibility index (Phi) is 3.16. The van der Waals surface area contributed by atoms with Crippen LogP contribution in [0, 0.1) is 5.41 Å². The summed E-state index contributed by atoms with van der Waals surface area (Å²) in [5.74, 6) is 0. The third-order valence-electron chi connectivity index (χ3n) is 4.66. The van der Waals surface area contributed by atoms with Gasteiger partial charge in [0.25, 0.3) is 0 Å². The molecule has 1 fully saturated rings. The highest BCUT2D eigenvalue weighted by Gasteiger charge is 2.37. The van der Waals surface area contributed by atoms with E-state index < -0.39 is 0 Å². The Labute approximate surface area is 112 Å². The molecule has 0 saturated heterocycles. The predicted molar refractivity (Wildman–Crippen MR) is 75.9 cm³/mol. The van der Waals surface area contributed by atoms with E-state index in [4.69, 9.17) is 5.73 Å². The van der Waals surface area contributed by atoms with Crippen LogP contribution in [0.3, 0.4) is 0 Å². The highest BCUT2D eigenvalue weighted by atomic mass is 32.1. The topological polar surface area (TPSA) is 43.3 Å². The van der Waals surface area contributed by atoms with Crippen molar-refractivity contribution in [1.29, 1.82) is 0 Å². The molecule has 0 radical (unpaired) electrons. The van der Waals surface area contributed by atoms with Crippen molar-refractivity contribution < 1.29 is 0 Å². The first-order valence-corrected chi connectivity index (χ1v) is 7.78. The zero-order valence-electron chi connectivity index (χ0n) is 10.9. The molecule has 3 rings (SSSR count). The molecule has 2 N–H and O–H groups in total. The highest BCUT2D eigenvalue weighted by molar-refractivity contribution is 7.15. The quantitative estimate of drug-likeness (QED) is 0.920. The third-order valence-corrected chi connectivity index (χ3v) is 5.43. The summed E-state index contributed by atoms with van der Waals surface area (Å²) in [6.45, 7) is 2.29. The number of aromatic nitrogens is 2. The highest BCUT2D eigenvalue weighted by Crippen LogP contribution is 2.43. The van der Waals surface area contributed by atoms with Crippen molar-refractivity contribution in [3.05, 3.63) is 23.5 Å². The minimum Gasteiger partial charge on any atom is -0.327 e. The molecule has 1 aliphatic rings. The van der Waals surface area contributed by atoms with Crippen LogP contribution < -0.4 is 5.73 Å². The van der Waals surface area contributed by atoms with Gasteiger partial charge in [-0.15, -0.1) is 11.3 Å². The summed E-state index contributed by atoms with van der Waals surface area (Å²) in [5, 5.41) is 2.07. The first-order chi connectivity index (χ1) is 8.73. The number of rotatable bonds is 4. The number of nitrogens with two attached hydrogens (primary N) is 1. The third kappa shape index (κ3) is 1.97. The zero-order chi connectivity index (χ0) is 12.6. The standard InChI is InChI=1S/C14H21N3S/c1-2-14(5-3-4-6-14)12(15)9-11-10-17-7-8-18-13(17)16-11/h7-8,10,12H,2-6,9,15H2,1H3. The Hall–Kier alpha value is -0.870. The van der Waals surface area contributed by atoms with E-state index in [1.54, 1.807) is 11.3 Å². The maximum atomic E-state index is 6.50. The van der Waals surface area contributed by atoms with E-state index in [9.17, 15) is 0 Å². The molecule has 2 aromatic rings. The summed E-state index contributed by atoms with van der Waals surface area (Å²) in [6.07, 6.45) is 11.6. The molecule has 2 aromatic heterocycles. The van der Waals surface area contributed by atoms with Crippen LogP contribution in [-0.2, 0) is 6.42 Å². The SMILES string of the molecule is CCC1(C(N)Cc2cn3ccsc3n2)CCCC1. The van der Waals surface area contributed by atoms with Crippen LogP contribution in [0.25, 0.3) is 4.96 Å². The molecule has 1 unspecified atom stereocenters. The lowest BCUT2D eigenvalue weighted by atomic mass is 9.75. The Morgan fingerprint density at radius 2 is 2.28 bits per heavy atom. The Bertz CT molecular complexity index is 493. The minimum absolute atomic E-state index is 0.259. The van der Waals surface area contributed by atoms with E-state index in [1.165, 1.54) is 32.1 Å². The fourth-order valence-corrected chi connectivity index (χ4v) is 4.10. The molecule has 3 nitrogen and oxygen atoms in total. The minimum atomic E-state index is 0.259. The fourth-order valence-electron chi connectivity index (χ4n) is 3.38. The second-order valence-corrected chi connectivity index (χ2v) is 6.43. The molecule has 18 heavy (non-hydrogen) atoms. The molecule has 4 heteroatoms. The number of hydrogen-bond acceptors (Lipinski definition) is 3. The second-order valence-electron chi connectivity index (χ2n) is 5.56. The van der Waals surface area contributed by atoms with Gasteiger partial charge < -0.3 is 5.73 Å². The molecule has 0 aliphatic heterocycles. The smallest absolute Gasteiger partial charge is 0.193 e. The Morgan fingerprint density at radius 3 is 2.94 bits per heavy atom. The number of nitrogens with zero attached hydrogens (tertiary/aromatic N) is 2. The molecule has 0 bridgehead atoms. The number of fused-ring (bicyclic) bond motifs is 1. The Balaban J connectivity index is 1.77. The van der Waals surface area contributed by atoms with Crippen molar-refractivity contribution >= 4 is 16.3 Å². The molecular formula is C14H21N3S. The molecule has 1 atom stereocenters. The van der Waals surface area contributed by atoms with Gasteiger partial charge in [0.1, 0.15) is 0 Å². The van der Waals surface area contributed by atoms with Crippen LogP contribution in [0.1, 0.15) is 44.7 Å².